The number of unbranched alkanes of at least 4 members (excludes halogenated alkanes) is 1. The molecular weight excluding hydrogens is 536 g/mol. The Balaban J connectivity index is 1.23. The Morgan fingerprint density at radius 1 is 0.929 bits per heavy atom. The van der Waals surface area contributed by atoms with Crippen molar-refractivity contribution in [1.29, 1.82) is 0 Å². The molecule has 224 valence electrons. The standard InChI is InChI=1S/C31H40N6O5/c32-17-8-7-15-26(33-31(40)41-23-25-12-5-2-6-13-25)29(39)30-34-27(42-35-30)22-36-18-20-37(21-19-36)28(38)16-9-14-24-10-3-1-4-11-24/h1-6,10-13,26H,7-9,14-23,32H2,(H,33,40)/t26-/m0/s1. The number of amides is 2. The van der Waals surface area contributed by atoms with Gasteiger partial charge in [0.25, 0.3) is 0 Å². The van der Waals surface area contributed by atoms with Crippen molar-refractivity contribution in [2.24, 2.45) is 5.73 Å². The van der Waals surface area contributed by atoms with Crippen LogP contribution in [0, 0.1) is 0 Å². The zero-order valence-electron chi connectivity index (χ0n) is 24.0. The molecule has 0 spiro atoms. The van der Waals surface area contributed by atoms with Gasteiger partial charge in [-0.1, -0.05) is 65.8 Å². The molecule has 1 fully saturated rings. The molecule has 3 aromatic rings. The van der Waals surface area contributed by atoms with Crippen molar-refractivity contribution in [3.63, 3.8) is 0 Å². The summed E-state index contributed by atoms with van der Waals surface area (Å²) in [6.45, 7) is 3.55. The Bertz CT molecular complexity index is 1260. The summed E-state index contributed by atoms with van der Waals surface area (Å²) >= 11 is 0. The first-order valence-corrected chi connectivity index (χ1v) is 14.6. The van der Waals surface area contributed by atoms with Crippen LogP contribution in [0.4, 0.5) is 4.79 Å². The third-order valence-corrected chi connectivity index (χ3v) is 7.24. The average molecular weight is 577 g/mol. The van der Waals surface area contributed by atoms with Gasteiger partial charge in [0.2, 0.25) is 23.4 Å². The number of aromatic nitrogens is 2. The van der Waals surface area contributed by atoms with Gasteiger partial charge in [-0.15, -0.1) is 0 Å². The fraction of sp³-hybridized carbons (Fsp3) is 0.452. The molecular formula is C31H40N6O5. The summed E-state index contributed by atoms with van der Waals surface area (Å²) in [5.41, 5.74) is 7.70. The highest BCUT2D eigenvalue weighted by atomic mass is 16.5. The van der Waals surface area contributed by atoms with E-state index >= 15 is 0 Å². The third kappa shape index (κ3) is 9.78. The lowest BCUT2D eigenvalue weighted by molar-refractivity contribution is -0.133. The van der Waals surface area contributed by atoms with E-state index in [2.05, 4.69) is 32.5 Å². The van der Waals surface area contributed by atoms with Crippen LogP contribution in [0.1, 0.15) is 59.7 Å². The molecule has 11 heteroatoms. The lowest BCUT2D eigenvalue weighted by Crippen LogP contribution is -2.48. The van der Waals surface area contributed by atoms with Crippen LogP contribution in [0.25, 0.3) is 0 Å². The molecule has 1 aliphatic heterocycles. The molecule has 1 aromatic heterocycles. The molecule has 0 unspecified atom stereocenters. The highest BCUT2D eigenvalue weighted by Gasteiger charge is 2.28. The van der Waals surface area contributed by atoms with Gasteiger partial charge < -0.3 is 25.2 Å². The zero-order chi connectivity index (χ0) is 29.6. The van der Waals surface area contributed by atoms with Gasteiger partial charge in [-0.2, -0.15) is 4.98 Å². The number of piperazine rings is 1. The number of carbonyl (C=O) groups is 3. The minimum atomic E-state index is -0.860. The van der Waals surface area contributed by atoms with E-state index in [0.29, 0.717) is 70.8 Å². The van der Waals surface area contributed by atoms with Gasteiger partial charge in [0.05, 0.1) is 12.6 Å². The molecule has 0 radical (unpaired) electrons. The largest absolute Gasteiger partial charge is 0.445 e. The van der Waals surface area contributed by atoms with Crippen LogP contribution < -0.4 is 11.1 Å². The second-order valence-electron chi connectivity index (χ2n) is 10.4. The molecule has 2 aromatic carbocycles. The SMILES string of the molecule is NCCCC[C@H](NC(=O)OCc1ccccc1)C(=O)c1noc(CN2CCN(C(=O)CCCc3ccccc3)CC2)n1. The number of carbonyl (C=O) groups excluding carboxylic acids is 3. The number of nitrogens with one attached hydrogen (secondary N) is 1. The van der Waals surface area contributed by atoms with Crippen LogP contribution in [0.15, 0.2) is 65.2 Å². The molecule has 2 amide bonds. The second kappa shape index (κ2) is 16.4. The number of hydrogen-bond acceptors (Lipinski definition) is 9. The van der Waals surface area contributed by atoms with Crippen LogP contribution >= 0.6 is 0 Å². The molecule has 1 saturated heterocycles. The van der Waals surface area contributed by atoms with Crippen molar-refractivity contribution in [2.45, 2.75) is 57.7 Å². The Morgan fingerprint density at radius 3 is 2.31 bits per heavy atom. The number of ketones is 1. The zero-order valence-corrected chi connectivity index (χ0v) is 24.0. The summed E-state index contributed by atoms with van der Waals surface area (Å²) in [6.07, 6.45) is 3.29. The molecule has 42 heavy (non-hydrogen) atoms. The van der Waals surface area contributed by atoms with Crippen molar-refractivity contribution in [2.75, 3.05) is 32.7 Å². The van der Waals surface area contributed by atoms with E-state index in [-0.39, 0.29) is 18.3 Å². The summed E-state index contributed by atoms with van der Waals surface area (Å²) < 4.78 is 10.7. The van der Waals surface area contributed by atoms with Crippen LogP contribution in [-0.2, 0) is 29.1 Å². The number of ether oxygens (including phenoxy) is 1. The predicted octanol–water partition coefficient (Wildman–Crippen LogP) is 3.34. The first-order chi connectivity index (χ1) is 20.5. The van der Waals surface area contributed by atoms with Gasteiger partial charge in [0.1, 0.15) is 6.61 Å². The van der Waals surface area contributed by atoms with Crippen molar-refractivity contribution >= 4 is 17.8 Å². The maximum absolute atomic E-state index is 13.2. The summed E-state index contributed by atoms with van der Waals surface area (Å²) in [5, 5.41) is 6.54. The Morgan fingerprint density at radius 2 is 1.62 bits per heavy atom. The molecule has 1 aliphatic rings. The maximum atomic E-state index is 13.2. The monoisotopic (exact) mass is 576 g/mol. The van der Waals surface area contributed by atoms with Crippen molar-refractivity contribution in [3.05, 3.63) is 83.5 Å². The molecule has 0 aliphatic carbocycles. The van der Waals surface area contributed by atoms with Crippen LogP contribution in [-0.4, -0.2) is 76.5 Å². The van der Waals surface area contributed by atoms with Crippen LogP contribution in [0.2, 0.25) is 0 Å². The summed E-state index contributed by atoms with van der Waals surface area (Å²) in [6, 6.07) is 18.6. The number of benzene rings is 2. The van der Waals surface area contributed by atoms with Gasteiger partial charge >= 0.3 is 6.09 Å². The fourth-order valence-electron chi connectivity index (χ4n) is 4.84. The van der Waals surface area contributed by atoms with Gasteiger partial charge in [-0.05, 0) is 49.8 Å². The molecule has 1 atom stereocenters. The number of aryl methyl sites for hydroxylation is 1. The Kier molecular flexibility index (Phi) is 12.0. The number of alkyl carbamates (subject to hydrolysis) is 1. The quantitative estimate of drug-likeness (QED) is 0.206. The van der Waals surface area contributed by atoms with E-state index in [0.717, 1.165) is 18.4 Å². The lowest BCUT2D eigenvalue weighted by atomic mass is 10.0. The Hall–Kier alpha value is -4.09. The number of rotatable bonds is 15. The highest BCUT2D eigenvalue weighted by Crippen LogP contribution is 2.13. The third-order valence-electron chi connectivity index (χ3n) is 7.24. The Labute approximate surface area is 246 Å². The minimum Gasteiger partial charge on any atom is -0.445 e. The van der Waals surface area contributed by atoms with E-state index in [1.165, 1.54) is 5.56 Å². The van der Waals surface area contributed by atoms with E-state index in [1.807, 2.05) is 53.4 Å². The van der Waals surface area contributed by atoms with Gasteiger partial charge in [0, 0.05) is 32.6 Å². The fourth-order valence-corrected chi connectivity index (χ4v) is 4.84. The van der Waals surface area contributed by atoms with Gasteiger partial charge in [-0.25, -0.2) is 4.79 Å². The molecule has 0 saturated carbocycles. The van der Waals surface area contributed by atoms with Crippen molar-refractivity contribution < 1.29 is 23.6 Å². The number of hydrogen-bond donors (Lipinski definition) is 2. The second-order valence-corrected chi connectivity index (χ2v) is 10.4. The highest BCUT2D eigenvalue weighted by molar-refractivity contribution is 5.98. The molecule has 4 rings (SSSR count). The molecule has 2 heterocycles. The van der Waals surface area contributed by atoms with Crippen LogP contribution in [0.5, 0.6) is 0 Å². The molecule has 0 bridgehead atoms. The van der Waals surface area contributed by atoms with E-state index in [9.17, 15) is 14.4 Å². The smallest absolute Gasteiger partial charge is 0.408 e. The minimum absolute atomic E-state index is 0.0849. The number of nitrogens with zero attached hydrogens (tertiary/aromatic N) is 4. The van der Waals surface area contributed by atoms with Crippen LogP contribution in [0.3, 0.4) is 0 Å². The molecule has 11 nitrogen and oxygen atoms in total. The predicted molar refractivity (Wildman–Crippen MR) is 156 cm³/mol. The average Bonchev–Trinajstić information content (AvgIpc) is 3.49. The van der Waals surface area contributed by atoms with E-state index in [4.69, 9.17) is 15.0 Å². The van der Waals surface area contributed by atoms with Gasteiger partial charge in [-0.3, -0.25) is 14.5 Å². The van der Waals surface area contributed by atoms with E-state index < -0.39 is 17.9 Å². The first kappa shape index (κ1) is 30.9. The first-order valence-electron chi connectivity index (χ1n) is 14.6. The van der Waals surface area contributed by atoms with Crippen molar-refractivity contribution in [3.8, 4) is 0 Å². The summed E-state index contributed by atoms with van der Waals surface area (Å²) in [4.78, 5) is 46.7. The number of nitrogens with two attached hydrogens (primary N) is 1. The lowest BCUT2D eigenvalue weighted by Gasteiger charge is -2.34. The summed E-state index contributed by atoms with van der Waals surface area (Å²) in [7, 11) is 0. The van der Waals surface area contributed by atoms with Crippen molar-refractivity contribution in [1.82, 2.24) is 25.3 Å². The summed E-state index contributed by atoms with van der Waals surface area (Å²) in [5.74, 6) is -0.0389. The maximum Gasteiger partial charge on any atom is 0.408 e. The van der Waals surface area contributed by atoms with E-state index in [1.54, 1.807) is 0 Å². The van der Waals surface area contributed by atoms with Gasteiger partial charge in [0.15, 0.2) is 0 Å². The topological polar surface area (TPSA) is 144 Å². The normalized spacial score (nSPS) is 14.4. The molecule has 3 N–H and O–H groups in total. The number of Topliss-reactive ketones (excluding diaryl/α,β-unsaturated/α-hetero) is 1.